The lowest BCUT2D eigenvalue weighted by Crippen LogP contribution is -2.38. The fourth-order valence-corrected chi connectivity index (χ4v) is 4.02. The minimum atomic E-state index is -0.0356. The summed E-state index contributed by atoms with van der Waals surface area (Å²) in [5.74, 6) is 3.28. The van der Waals surface area contributed by atoms with Gasteiger partial charge in [0.05, 0.1) is 0 Å². The quantitative estimate of drug-likeness (QED) is 0.426. The highest BCUT2D eigenvalue weighted by molar-refractivity contribution is 5.69. The van der Waals surface area contributed by atoms with Crippen molar-refractivity contribution in [2.24, 2.45) is 16.7 Å². The molecule has 2 rings (SSSR count). The van der Waals surface area contributed by atoms with E-state index in [1.54, 1.807) is 0 Å². The zero-order valence-corrected chi connectivity index (χ0v) is 12.5. The third kappa shape index (κ3) is 2.40. The Hall–Kier alpha value is -0.970. The van der Waals surface area contributed by atoms with E-state index in [1.807, 2.05) is 0 Å². The first-order valence-electron chi connectivity index (χ1n) is 7.55. The predicted octanol–water partition coefficient (Wildman–Crippen LogP) is 3.94. The van der Waals surface area contributed by atoms with Gasteiger partial charge in [0.2, 0.25) is 0 Å². The molecule has 19 heavy (non-hydrogen) atoms. The second-order valence-corrected chi connectivity index (χ2v) is 7.00. The van der Waals surface area contributed by atoms with Crippen molar-refractivity contribution in [2.45, 2.75) is 71.8 Å². The summed E-state index contributed by atoms with van der Waals surface area (Å²) in [5.41, 5.74) is 0.480. The van der Waals surface area contributed by atoms with Crippen LogP contribution in [0.2, 0.25) is 0 Å². The number of hydrogen-bond donors (Lipinski definition) is 0. The number of ether oxygens (including phenoxy) is 1. The van der Waals surface area contributed by atoms with E-state index >= 15 is 0 Å². The minimum absolute atomic E-state index is 0.0356. The number of unbranched alkanes of at least 4 members (excludes halogenated alkanes) is 2. The van der Waals surface area contributed by atoms with Gasteiger partial charge in [0.15, 0.2) is 0 Å². The molecule has 106 valence electrons. The summed E-state index contributed by atoms with van der Waals surface area (Å²) in [6.07, 6.45) is 11.9. The van der Waals surface area contributed by atoms with E-state index in [4.69, 9.17) is 11.2 Å². The lowest BCUT2D eigenvalue weighted by Gasteiger charge is -2.38. The lowest BCUT2D eigenvalue weighted by atomic mass is 9.70. The topological polar surface area (TPSA) is 26.3 Å². The molecule has 2 nitrogen and oxygen atoms in total. The number of carbonyl (C=O) groups excluding carboxylic acids is 1. The summed E-state index contributed by atoms with van der Waals surface area (Å²) in [6.45, 7) is 6.98. The third-order valence-corrected chi connectivity index (χ3v) is 5.94. The molecule has 2 bridgehead atoms. The van der Waals surface area contributed by atoms with Crippen LogP contribution in [0.15, 0.2) is 0 Å². The fraction of sp³-hybridized carbons (Fsp3) is 0.824. The van der Waals surface area contributed by atoms with Gasteiger partial charge in [-0.15, -0.1) is 12.3 Å². The number of hydrogen-bond acceptors (Lipinski definition) is 2. The molecule has 0 amide bonds. The Morgan fingerprint density at radius 2 is 2.11 bits per heavy atom. The zero-order valence-electron chi connectivity index (χ0n) is 12.5. The molecule has 0 aromatic heterocycles. The molecule has 2 saturated carbocycles. The van der Waals surface area contributed by atoms with E-state index in [-0.39, 0.29) is 17.5 Å². The molecule has 0 N–H and O–H groups in total. The second kappa shape index (κ2) is 5.19. The van der Waals surface area contributed by atoms with Gasteiger partial charge >= 0.3 is 5.97 Å². The van der Waals surface area contributed by atoms with Gasteiger partial charge in [-0.25, -0.2) is 0 Å². The Bertz CT molecular complexity index is 391. The van der Waals surface area contributed by atoms with Crippen molar-refractivity contribution in [1.29, 1.82) is 0 Å². The van der Waals surface area contributed by atoms with Gasteiger partial charge in [0.25, 0.3) is 0 Å². The summed E-state index contributed by atoms with van der Waals surface area (Å²) in [4.78, 5) is 11.9. The molecule has 0 saturated heterocycles. The first kappa shape index (κ1) is 14.4. The van der Waals surface area contributed by atoms with Crippen LogP contribution < -0.4 is 0 Å². The van der Waals surface area contributed by atoms with E-state index in [9.17, 15) is 4.79 Å². The highest BCUT2D eigenvalue weighted by Crippen LogP contribution is 2.66. The molecule has 0 radical (unpaired) electrons. The van der Waals surface area contributed by atoms with Crippen LogP contribution in [0.25, 0.3) is 0 Å². The van der Waals surface area contributed by atoms with Crippen LogP contribution >= 0.6 is 0 Å². The maximum Gasteiger partial charge on any atom is 0.306 e. The monoisotopic (exact) mass is 262 g/mol. The Morgan fingerprint density at radius 3 is 2.63 bits per heavy atom. The van der Waals surface area contributed by atoms with Crippen molar-refractivity contribution in [1.82, 2.24) is 0 Å². The van der Waals surface area contributed by atoms with Crippen molar-refractivity contribution in [3.8, 4) is 12.3 Å². The maximum absolute atomic E-state index is 11.9. The van der Waals surface area contributed by atoms with Crippen molar-refractivity contribution in [3.63, 3.8) is 0 Å². The van der Waals surface area contributed by atoms with E-state index < -0.39 is 0 Å². The standard InChI is InChI=1S/C17H26O2/c1-5-6-7-8-9-15(18)19-14-12-13-10-11-17(14,4)16(13,2)3/h1,13-14H,6-12H2,2-4H3. The molecule has 2 heteroatoms. The van der Waals surface area contributed by atoms with E-state index in [0.29, 0.717) is 11.8 Å². The normalized spacial score (nSPS) is 35.1. The average molecular weight is 262 g/mol. The Labute approximate surface area is 117 Å². The molecular weight excluding hydrogens is 236 g/mol. The predicted molar refractivity (Wildman–Crippen MR) is 76.4 cm³/mol. The van der Waals surface area contributed by atoms with Gasteiger partial charge < -0.3 is 4.74 Å². The minimum Gasteiger partial charge on any atom is -0.462 e. The van der Waals surface area contributed by atoms with Crippen LogP contribution in [-0.4, -0.2) is 12.1 Å². The van der Waals surface area contributed by atoms with Crippen LogP contribution in [0.5, 0.6) is 0 Å². The summed E-state index contributed by atoms with van der Waals surface area (Å²) < 4.78 is 5.77. The van der Waals surface area contributed by atoms with Crippen molar-refractivity contribution in [3.05, 3.63) is 0 Å². The molecule has 0 aromatic rings. The average Bonchev–Trinajstić information content (AvgIpc) is 2.68. The van der Waals surface area contributed by atoms with Crippen LogP contribution in [0.3, 0.4) is 0 Å². The van der Waals surface area contributed by atoms with Crippen molar-refractivity contribution < 1.29 is 9.53 Å². The van der Waals surface area contributed by atoms with E-state index in [1.165, 1.54) is 12.8 Å². The van der Waals surface area contributed by atoms with Gasteiger partial charge in [-0.2, -0.15) is 0 Å². The van der Waals surface area contributed by atoms with Gasteiger partial charge in [-0.3, -0.25) is 4.79 Å². The van der Waals surface area contributed by atoms with E-state index in [0.717, 1.165) is 31.6 Å². The molecular formula is C17H26O2. The summed E-state index contributed by atoms with van der Waals surface area (Å²) >= 11 is 0. The first-order chi connectivity index (χ1) is 8.91. The largest absolute Gasteiger partial charge is 0.462 e. The van der Waals surface area contributed by atoms with Gasteiger partial charge in [0.1, 0.15) is 6.10 Å². The summed E-state index contributed by atoms with van der Waals surface area (Å²) in [5, 5.41) is 0. The lowest BCUT2D eigenvalue weighted by molar-refractivity contribution is -0.157. The SMILES string of the molecule is C#CCCCCC(=O)OC1CC2CCC1(C)C2(C)C. The molecule has 2 fully saturated rings. The van der Waals surface area contributed by atoms with Crippen molar-refractivity contribution >= 4 is 5.97 Å². The molecule has 2 aliphatic rings. The smallest absolute Gasteiger partial charge is 0.306 e. The first-order valence-corrected chi connectivity index (χ1v) is 7.55. The second-order valence-electron chi connectivity index (χ2n) is 7.00. The third-order valence-electron chi connectivity index (χ3n) is 5.94. The number of esters is 1. The van der Waals surface area contributed by atoms with Gasteiger partial charge in [-0.05, 0) is 43.4 Å². The number of terminal acetylenes is 1. The molecule has 2 aliphatic carbocycles. The molecule has 0 aliphatic heterocycles. The summed E-state index contributed by atoms with van der Waals surface area (Å²) in [6, 6.07) is 0. The zero-order chi connectivity index (χ0) is 14.1. The Morgan fingerprint density at radius 1 is 1.37 bits per heavy atom. The summed E-state index contributed by atoms with van der Waals surface area (Å²) in [7, 11) is 0. The molecule has 3 atom stereocenters. The molecule has 3 unspecified atom stereocenters. The number of carbonyl (C=O) groups is 1. The van der Waals surface area contributed by atoms with Crippen LogP contribution in [0.4, 0.5) is 0 Å². The van der Waals surface area contributed by atoms with Gasteiger partial charge in [0, 0.05) is 18.3 Å². The van der Waals surface area contributed by atoms with Gasteiger partial charge in [-0.1, -0.05) is 20.8 Å². The van der Waals surface area contributed by atoms with Crippen LogP contribution in [0.1, 0.15) is 65.7 Å². The molecule has 0 aromatic carbocycles. The molecule has 0 heterocycles. The van der Waals surface area contributed by atoms with Crippen LogP contribution in [0, 0.1) is 29.1 Å². The highest BCUT2D eigenvalue weighted by Gasteiger charge is 2.62. The number of fused-ring (bicyclic) bond motifs is 2. The van der Waals surface area contributed by atoms with Crippen molar-refractivity contribution in [2.75, 3.05) is 0 Å². The Balaban J connectivity index is 1.85. The maximum atomic E-state index is 11.9. The number of rotatable bonds is 5. The van der Waals surface area contributed by atoms with Crippen LogP contribution in [-0.2, 0) is 9.53 Å². The fourth-order valence-electron chi connectivity index (χ4n) is 4.02. The van der Waals surface area contributed by atoms with E-state index in [2.05, 4.69) is 26.7 Å². The molecule has 0 spiro atoms. The highest BCUT2D eigenvalue weighted by atomic mass is 16.5. The Kier molecular flexibility index (Phi) is 3.95.